The van der Waals surface area contributed by atoms with Crippen molar-refractivity contribution in [2.75, 3.05) is 13.7 Å². The van der Waals surface area contributed by atoms with Gasteiger partial charge in [-0.15, -0.1) is 0 Å². The zero-order valence-corrected chi connectivity index (χ0v) is 11.4. The fraction of sp³-hybridized carbons (Fsp3) is 0.636. The minimum atomic E-state index is 0.446. The molecule has 0 aromatic carbocycles. The number of hydrogen-bond acceptors (Lipinski definition) is 4. The average molecular weight is 254 g/mol. The van der Waals surface area contributed by atoms with Crippen molar-refractivity contribution in [1.29, 1.82) is 0 Å². The van der Waals surface area contributed by atoms with E-state index in [1.807, 2.05) is 13.1 Å². The van der Waals surface area contributed by atoms with Gasteiger partial charge in [0.05, 0.1) is 19.3 Å². The van der Waals surface area contributed by atoms with Crippen molar-refractivity contribution in [1.82, 2.24) is 20.5 Å². The summed E-state index contributed by atoms with van der Waals surface area (Å²) < 4.78 is 6.80. The molecule has 0 aliphatic carbocycles. The van der Waals surface area contributed by atoms with Crippen LogP contribution in [0.5, 0.6) is 5.88 Å². The van der Waals surface area contributed by atoms with Crippen LogP contribution in [-0.4, -0.2) is 29.4 Å². The molecule has 102 valence electrons. The minimum absolute atomic E-state index is 0.446. The van der Waals surface area contributed by atoms with Gasteiger partial charge >= 0.3 is 0 Å². The summed E-state index contributed by atoms with van der Waals surface area (Å²) in [5, 5.41) is 7.39. The van der Waals surface area contributed by atoms with Crippen molar-refractivity contribution in [3.63, 3.8) is 0 Å². The summed E-state index contributed by atoms with van der Waals surface area (Å²) in [7, 11) is 3.44. The van der Waals surface area contributed by atoms with Crippen LogP contribution in [0.3, 0.4) is 0 Å². The van der Waals surface area contributed by atoms with E-state index in [9.17, 15) is 0 Å². The molecule has 0 fully saturated rings. The van der Waals surface area contributed by atoms with Gasteiger partial charge in [0, 0.05) is 19.7 Å². The maximum absolute atomic E-state index is 5.39. The van der Waals surface area contributed by atoms with E-state index in [2.05, 4.69) is 34.7 Å². The Kier molecular flexibility index (Phi) is 5.44. The molecule has 0 saturated heterocycles. The molecule has 1 aromatic heterocycles. The van der Waals surface area contributed by atoms with Crippen LogP contribution in [0.2, 0.25) is 0 Å². The number of aromatic nitrogens is 2. The number of methoxy groups -OCH3 is 1. The first kappa shape index (κ1) is 14.3. The van der Waals surface area contributed by atoms with E-state index in [0.717, 1.165) is 12.2 Å². The number of nitrogens with one attached hydrogen (secondary N) is 2. The highest BCUT2D eigenvalue weighted by Crippen LogP contribution is 2.11. The lowest BCUT2D eigenvalue weighted by molar-refractivity contribution is 0.373. The molecule has 0 saturated carbocycles. The zero-order valence-electron chi connectivity index (χ0n) is 11.4. The number of hydrazine groups is 1. The van der Waals surface area contributed by atoms with Gasteiger partial charge in [0.1, 0.15) is 0 Å². The Morgan fingerprint density at radius 2 is 2.33 bits per heavy atom. The van der Waals surface area contributed by atoms with Crippen molar-refractivity contribution in [3.05, 3.63) is 11.8 Å². The summed E-state index contributed by atoms with van der Waals surface area (Å²) >= 11 is 0. The Labute approximate surface area is 107 Å². The molecular formula is C11H22N6O. The van der Waals surface area contributed by atoms with Crippen LogP contribution in [0.25, 0.3) is 0 Å². The van der Waals surface area contributed by atoms with E-state index in [0.29, 0.717) is 24.3 Å². The predicted octanol–water partition coefficient (Wildman–Crippen LogP) is -0.00640. The molecule has 18 heavy (non-hydrogen) atoms. The second-order valence-electron chi connectivity index (χ2n) is 4.39. The lowest BCUT2D eigenvalue weighted by Gasteiger charge is -2.10. The van der Waals surface area contributed by atoms with Crippen LogP contribution in [0.15, 0.2) is 11.1 Å². The third-order valence-electron chi connectivity index (χ3n) is 2.31. The van der Waals surface area contributed by atoms with Gasteiger partial charge in [0.2, 0.25) is 11.8 Å². The SMILES string of the molecule is COc1cc(CN=C(NN)NCC(C)C)nn1C. The van der Waals surface area contributed by atoms with Gasteiger partial charge < -0.3 is 10.1 Å². The predicted molar refractivity (Wildman–Crippen MR) is 71.1 cm³/mol. The van der Waals surface area contributed by atoms with Crippen molar-refractivity contribution < 1.29 is 4.74 Å². The number of aliphatic imine (C=N–C) groups is 1. The highest BCUT2D eigenvalue weighted by molar-refractivity contribution is 5.79. The molecule has 7 heteroatoms. The molecule has 1 rings (SSSR count). The third kappa shape index (κ3) is 4.25. The Hall–Kier alpha value is -1.76. The second kappa shape index (κ2) is 6.85. The Balaban J connectivity index is 2.58. The number of aryl methyl sites for hydroxylation is 1. The van der Waals surface area contributed by atoms with Crippen molar-refractivity contribution in [2.24, 2.45) is 23.8 Å². The molecule has 1 heterocycles. The summed E-state index contributed by atoms with van der Waals surface area (Å²) in [6.45, 7) is 5.49. The first-order chi connectivity index (χ1) is 8.56. The summed E-state index contributed by atoms with van der Waals surface area (Å²) in [4.78, 5) is 4.31. The number of guanidine groups is 1. The number of hydrogen-bond donors (Lipinski definition) is 3. The first-order valence-corrected chi connectivity index (χ1v) is 5.88. The van der Waals surface area contributed by atoms with Crippen molar-refractivity contribution in [3.8, 4) is 5.88 Å². The average Bonchev–Trinajstić information content (AvgIpc) is 2.69. The zero-order chi connectivity index (χ0) is 13.5. The second-order valence-corrected chi connectivity index (χ2v) is 4.39. The lowest BCUT2D eigenvalue weighted by atomic mass is 10.2. The van der Waals surface area contributed by atoms with E-state index in [1.165, 1.54) is 0 Å². The van der Waals surface area contributed by atoms with E-state index in [4.69, 9.17) is 10.6 Å². The maximum Gasteiger partial charge on any atom is 0.211 e. The molecule has 0 amide bonds. The van der Waals surface area contributed by atoms with Crippen LogP contribution in [0.1, 0.15) is 19.5 Å². The monoisotopic (exact) mass is 254 g/mol. The van der Waals surface area contributed by atoms with E-state index in [1.54, 1.807) is 11.8 Å². The van der Waals surface area contributed by atoms with Gasteiger partial charge in [-0.2, -0.15) is 5.10 Å². The molecular weight excluding hydrogens is 232 g/mol. The highest BCUT2D eigenvalue weighted by atomic mass is 16.5. The minimum Gasteiger partial charge on any atom is -0.481 e. The molecule has 0 spiro atoms. The first-order valence-electron chi connectivity index (χ1n) is 5.88. The fourth-order valence-corrected chi connectivity index (χ4v) is 1.39. The molecule has 1 aromatic rings. The van der Waals surface area contributed by atoms with Crippen LogP contribution in [0, 0.1) is 5.92 Å². The van der Waals surface area contributed by atoms with Crippen LogP contribution >= 0.6 is 0 Å². The molecule has 0 atom stereocenters. The molecule has 0 unspecified atom stereocenters. The number of ether oxygens (including phenoxy) is 1. The van der Waals surface area contributed by atoms with Gasteiger partial charge in [-0.3, -0.25) is 5.43 Å². The van der Waals surface area contributed by atoms with Gasteiger partial charge in [-0.05, 0) is 5.92 Å². The summed E-state index contributed by atoms with van der Waals surface area (Å²) in [6, 6.07) is 1.85. The van der Waals surface area contributed by atoms with Crippen molar-refractivity contribution >= 4 is 5.96 Å². The third-order valence-corrected chi connectivity index (χ3v) is 2.31. The number of nitrogens with two attached hydrogens (primary N) is 1. The standard InChI is InChI=1S/C11H22N6O/c1-8(2)6-13-11(15-12)14-7-9-5-10(18-4)17(3)16-9/h5,8H,6-7,12H2,1-4H3,(H2,13,14,15). The summed E-state index contributed by atoms with van der Waals surface area (Å²) in [5.74, 6) is 7.19. The highest BCUT2D eigenvalue weighted by Gasteiger charge is 2.04. The number of rotatable bonds is 5. The molecule has 4 N–H and O–H groups in total. The largest absolute Gasteiger partial charge is 0.481 e. The van der Waals surface area contributed by atoms with Gasteiger partial charge in [0.15, 0.2) is 0 Å². The number of nitrogens with zero attached hydrogens (tertiary/aromatic N) is 3. The lowest BCUT2D eigenvalue weighted by Crippen LogP contribution is -2.42. The maximum atomic E-state index is 5.39. The van der Waals surface area contributed by atoms with Crippen molar-refractivity contribution in [2.45, 2.75) is 20.4 Å². The summed E-state index contributed by atoms with van der Waals surface area (Å²) in [6.07, 6.45) is 0. The van der Waals surface area contributed by atoms with Crippen LogP contribution < -0.4 is 21.3 Å². The van der Waals surface area contributed by atoms with Gasteiger partial charge in [-0.25, -0.2) is 15.5 Å². The Bertz CT molecular complexity index is 398. The topological polar surface area (TPSA) is 89.5 Å². The molecule has 0 aliphatic heterocycles. The van der Waals surface area contributed by atoms with E-state index >= 15 is 0 Å². The fourth-order valence-electron chi connectivity index (χ4n) is 1.39. The van der Waals surface area contributed by atoms with Crippen LogP contribution in [0.4, 0.5) is 0 Å². The van der Waals surface area contributed by atoms with Gasteiger partial charge in [-0.1, -0.05) is 13.8 Å². The Morgan fingerprint density at radius 3 is 2.83 bits per heavy atom. The van der Waals surface area contributed by atoms with Crippen LogP contribution in [-0.2, 0) is 13.6 Å². The molecule has 0 aliphatic rings. The normalized spacial score (nSPS) is 11.8. The summed E-state index contributed by atoms with van der Waals surface area (Å²) in [5.41, 5.74) is 3.36. The smallest absolute Gasteiger partial charge is 0.211 e. The molecule has 7 nitrogen and oxygen atoms in total. The molecule has 0 radical (unpaired) electrons. The van der Waals surface area contributed by atoms with E-state index < -0.39 is 0 Å². The Morgan fingerprint density at radius 1 is 1.61 bits per heavy atom. The molecule has 0 bridgehead atoms. The van der Waals surface area contributed by atoms with E-state index in [-0.39, 0.29) is 0 Å². The van der Waals surface area contributed by atoms with Gasteiger partial charge in [0.25, 0.3) is 0 Å². The quantitative estimate of drug-likeness (QED) is 0.298.